The average Bonchev–Trinajstić information content (AvgIpc) is 2.94. The van der Waals surface area contributed by atoms with Gasteiger partial charge in [-0.3, -0.25) is 0 Å². The summed E-state index contributed by atoms with van der Waals surface area (Å²) in [6.07, 6.45) is 2.28. The van der Waals surface area contributed by atoms with Crippen LogP contribution >= 0.6 is 0 Å². The summed E-state index contributed by atoms with van der Waals surface area (Å²) in [4.78, 5) is 0. The summed E-state index contributed by atoms with van der Waals surface area (Å²) in [5, 5.41) is 0. The number of hydrogen-bond acceptors (Lipinski definition) is 0. The second kappa shape index (κ2) is 15.7. The molecule has 0 unspecified atom stereocenters. The normalized spacial score (nSPS) is 7.33. The predicted molar refractivity (Wildman–Crippen MR) is 64.3 cm³/mol. The molecule has 0 N–H and O–H groups in total. The molecule has 1 heteroatoms. The first kappa shape index (κ1) is 16.6. The molecule has 0 fully saturated rings. The maximum absolute atomic E-state index is 3.60. The van der Waals surface area contributed by atoms with Crippen molar-refractivity contribution in [1.29, 1.82) is 0 Å². The van der Waals surface area contributed by atoms with Gasteiger partial charge >= 0.3 is 17.1 Å². The van der Waals surface area contributed by atoms with Crippen LogP contribution in [0.25, 0.3) is 0 Å². The standard InChI is InChI=1S/2C5H5.C4H9.Fe/c2*1-2-4-5-3-1;1-3-4-2;/h2*1-5H;1,3-4H2,2H3;/q3*-1;+3. The van der Waals surface area contributed by atoms with E-state index >= 15 is 0 Å². The van der Waals surface area contributed by atoms with E-state index in [-0.39, 0.29) is 17.1 Å². The summed E-state index contributed by atoms with van der Waals surface area (Å²) in [7, 11) is 0. The van der Waals surface area contributed by atoms with Crippen LogP contribution in [-0.2, 0) is 17.1 Å². The van der Waals surface area contributed by atoms with Crippen molar-refractivity contribution in [2.45, 2.75) is 19.8 Å². The molecule has 0 aliphatic heterocycles. The number of hydrogen-bond donors (Lipinski definition) is 0. The molecule has 0 bridgehead atoms. The van der Waals surface area contributed by atoms with Crippen molar-refractivity contribution in [1.82, 2.24) is 0 Å². The molecule has 0 aliphatic carbocycles. The minimum Gasteiger partial charge on any atom is -0.343 e. The first-order chi connectivity index (χ1) is 6.91. The maximum atomic E-state index is 3.60. The molecule has 2 rings (SSSR count). The third kappa shape index (κ3) is 15.9. The van der Waals surface area contributed by atoms with Crippen molar-refractivity contribution in [2.24, 2.45) is 0 Å². The van der Waals surface area contributed by atoms with Gasteiger partial charge in [0, 0.05) is 0 Å². The fraction of sp³-hybridized carbons (Fsp3) is 0.214. The van der Waals surface area contributed by atoms with E-state index in [2.05, 4.69) is 13.8 Å². The van der Waals surface area contributed by atoms with Crippen molar-refractivity contribution in [3.63, 3.8) is 0 Å². The van der Waals surface area contributed by atoms with Crippen LogP contribution in [0.2, 0.25) is 0 Å². The molecule has 2 aromatic carbocycles. The molecule has 0 nitrogen and oxygen atoms in total. The summed E-state index contributed by atoms with van der Waals surface area (Å²) < 4.78 is 0. The smallest absolute Gasteiger partial charge is 0.343 e. The molecular weight excluding hydrogens is 224 g/mol. The van der Waals surface area contributed by atoms with Crippen LogP contribution in [-0.4, -0.2) is 0 Å². The van der Waals surface area contributed by atoms with Gasteiger partial charge in [0.2, 0.25) is 0 Å². The van der Waals surface area contributed by atoms with Crippen LogP contribution in [0.3, 0.4) is 0 Å². The van der Waals surface area contributed by atoms with Gasteiger partial charge in [0.25, 0.3) is 0 Å². The Morgan fingerprint density at radius 1 is 0.867 bits per heavy atom. The topological polar surface area (TPSA) is 0 Å². The maximum Gasteiger partial charge on any atom is 3.00 e. The Kier molecular flexibility index (Phi) is 17.4. The fourth-order valence-electron chi connectivity index (χ4n) is 0.642. The fourth-order valence-corrected chi connectivity index (χ4v) is 0.642. The average molecular weight is 243 g/mol. The summed E-state index contributed by atoms with van der Waals surface area (Å²) in [6.45, 7) is 5.72. The van der Waals surface area contributed by atoms with Crippen LogP contribution in [0.15, 0.2) is 60.7 Å². The van der Waals surface area contributed by atoms with Crippen LogP contribution in [0.4, 0.5) is 0 Å². The third-order valence-electron chi connectivity index (χ3n) is 1.46. The van der Waals surface area contributed by atoms with E-state index in [4.69, 9.17) is 0 Å². The monoisotopic (exact) mass is 243 g/mol. The van der Waals surface area contributed by atoms with E-state index in [9.17, 15) is 0 Å². The second-order valence-corrected chi connectivity index (χ2v) is 2.78. The van der Waals surface area contributed by atoms with Crippen molar-refractivity contribution < 1.29 is 17.1 Å². The summed E-state index contributed by atoms with van der Waals surface area (Å²) >= 11 is 0. The van der Waals surface area contributed by atoms with Gasteiger partial charge in [-0.1, -0.05) is 13.3 Å². The largest absolute Gasteiger partial charge is 3.00 e. The number of unbranched alkanes of at least 4 members (excludes halogenated alkanes) is 1. The second-order valence-electron chi connectivity index (χ2n) is 2.78. The summed E-state index contributed by atoms with van der Waals surface area (Å²) in [5.41, 5.74) is 0. The van der Waals surface area contributed by atoms with Gasteiger partial charge in [-0.05, 0) is 0 Å². The number of rotatable bonds is 1. The quantitative estimate of drug-likeness (QED) is 0.513. The Morgan fingerprint density at radius 2 is 1.13 bits per heavy atom. The van der Waals surface area contributed by atoms with Gasteiger partial charge in [0.1, 0.15) is 0 Å². The van der Waals surface area contributed by atoms with Crippen molar-refractivity contribution >= 4 is 0 Å². The van der Waals surface area contributed by atoms with Crippen molar-refractivity contribution in [3.05, 3.63) is 67.6 Å². The Labute approximate surface area is 105 Å². The Hall–Kier alpha value is -0.781. The van der Waals surface area contributed by atoms with Crippen LogP contribution in [0.5, 0.6) is 0 Å². The van der Waals surface area contributed by atoms with Gasteiger partial charge in [0.05, 0.1) is 0 Å². The first-order valence-corrected chi connectivity index (χ1v) is 5.04. The zero-order valence-electron chi connectivity index (χ0n) is 9.25. The van der Waals surface area contributed by atoms with Gasteiger partial charge < -0.3 is 6.92 Å². The van der Waals surface area contributed by atoms with Gasteiger partial charge in [-0.15, -0.1) is 0 Å². The molecule has 0 saturated heterocycles. The van der Waals surface area contributed by atoms with Crippen LogP contribution in [0, 0.1) is 6.92 Å². The third-order valence-corrected chi connectivity index (χ3v) is 1.46. The van der Waals surface area contributed by atoms with E-state index in [0.717, 1.165) is 6.42 Å². The predicted octanol–water partition coefficient (Wildman–Crippen LogP) is 4.43. The Morgan fingerprint density at radius 3 is 1.20 bits per heavy atom. The molecule has 0 heterocycles. The zero-order valence-corrected chi connectivity index (χ0v) is 10.4. The van der Waals surface area contributed by atoms with E-state index in [1.54, 1.807) is 0 Å². The van der Waals surface area contributed by atoms with Crippen LogP contribution in [0.1, 0.15) is 19.8 Å². The molecule has 0 amide bonds. The molecule has 0 aromatic heterocycles. The van der Waals surface area contributed by atoms with E-state index in [1.807, 2.05) is 60.7 Å². The zero-order chi connectivity index (χ0) is 10.5. The molecule has 83 valence electrons. The van der Waals surface area contributed by atoms with Crippen molar-refractivity contribution in [2.75, 3.05) is 0 Å². The minimum absolute atomic E-state index is 0. The summed E-state index contributed by atoms with van der Waals surface area (Å²) in [6, 6.07) is 20.0. The van der Waals surface area contributed by atoms with Gasteiger partial charge in [-0.25, -0.2) is 24.3 Å². The van der Waals surface area contributed by atoms with Gasteiger partial charge in [-0.2, -0.15) is 42.8 Å². The van der Waals surface area contributed by atoms with Crippen LogP contribution < -0.4 is 0 Å². The molecule has 15 heavy (non-hydrogen) atoms. The molecular formula is C14H19Fe. The SMILES string of the molecule is [CH2-]CCC.[Fe+3].c1cc[cH-]c1.c1cc[cH-]c1. The molecule has 1 radical (unpaired) electrons. The molecule has 0 atom stereocenters. The van der Waals surface area contributed by atoms with Gasteiger partial charge in [0.15, 0.2) is 0 Å². The molecule has 0 aliphatic rings. The van der Waals surface area contributed by atoms with E-state index in [1.165, 1.54) is 6.42 Å². The first-order valence-electron chi connectivity index (χ1n) is 5.04. The van der Waals surface area contributed by atoms with E-state index < -0.39 is 0 Å². The molecule has 0 spiro atoms. The minimum atomic E-state index is 0. The van der Waals surface area contributed by atoms with E-state index in [0.29, 0.717) is 0 Å². The summed E-state index contributed by atoms with van der Waals surface area (Å²) in [5.74, 6) is 0. The molecule has 0 saturated carbocycles. The van der Waals surface area contributed by atoms with Crippen molar-refractivity contribution in [3.8, 4) is 0 Å². The Balaban J connectivity index is 0. The Bertz CT molecular complexity index is 167. The molecule has 2 aromatic rings.